The number of aryl methyl sites for hydroxylation is 1. The highest BCUT2D eigenvalue weighted by Gasteiger charge is 2.12. The van der Waals surface area contributed by atoms with Gasteiger partial charge in [-0.05, 0) is 39.3 Å². The second kappa shape index (κ2) is 6.88. The third-order valence-electron chi connectivity index (χ3n) is 2.76. The van der Waals surface area contributed by atoms with Crippen LogP contribution < -0.4 is 10.6 Å². The van der Waals surface area contributed by atoms with E-state index in [4.69, 9.17) is 4.74 Å². The van der Waals surface area contributed by atoms with E-state index in [1.807, 2.05) is 6.92 Å². The summed E-state index contributed by atoms with van der Waals surface area (Å²) >= 11 is 1.59. The highest BCUT2D eigenvalue weighted by Crippen LogP contribution is 2.13. The molecule has 96 valence electrons. The van der Waals surface area contributed by atoms with Gasteiger partial charge in [0, 0.05) is 13.2 Å². The van der Waals surface area contributed by atoms with E-state index in [0.717, 1.165) is 55.6 Å². The van der Waals surface area contributed by atoms with Crippen molar-refractivity contribution in [3.63, 3.8) is 0 Å². The number of nitrogens with zero attached hydrogens (tertiary/aromatic N) is 2. The molecule has 2 N–H and O–H groups in total. The Labute approximate surface area is 106 Å². The van der Waals surface area contributed by atoms with Crippen LogP contribution in [0.1, 0.15) is 24.3 Å². The van der Waals surface area contributed by atoms with Crippen LogP contribution in [0.4, 0.5) is 5.13 Å². The third-order valence-corrected chi connectivity index (χ3v) is 3.56. The van der Waals surface area contributed by atoms with Gasteiger partial charge in [-0.2, -0.15) is 0 Å². The molecule has 0 amide bonds. The number of aromatic nitrogens is 2. The summed E-state index contributed by atoms with van der Waals surface area (Å²) in [4.78, 5) is 0. The second-order valence-electron chi connectivity index (χ2n) is 4.23. The molecule has 1 fully saturated rings. The van der Waals surface area contributed by atoms with Crippen molar-refractivity contribution in [3.05, 3.63) is 5.01 Å². The fourth-order valence-corrected chi connectivity index (χ4v) is 2.46. The molecule has 0 bridgehead atoms. The lowest BCUT2D eigenvalue weighted by molar-refractivity contribution is 0.0329. The summed E-state index contributed by atoms with van der Waals surface area (Å²) in [6.45, 7) is 5.87. The standard InChI is InChI=1S/C11H20N4OS/c1-9-14-15-11(17-9)13-5-2-8-16-10-3-6-12-7-4-10/h10,12H,2-8H2,1H3,(H,13,15). The van der Waals surface area contributed by atoms with Crippen LogP contribution in [0.15, 0.2) is 0 Å². The van der Waals surface area contributed by atoms with E-state index in [9.17, 15) is 0 Å². The molecule has 17 heavy (non-hydrogen) atoms. The van der Waals surface area contributed by atoms with E-state index in [1.165, 1.54) is 0 Å². The minimum absolute atomic E-state index is 0.458. The number of piperidine rings is 1. The Bertz CT molecular complexity index is 325. The summed E-state index contributed by atoms with van der Waals surface area (Å²) in [6.07, 6.45) is 3.76. The van der Waals surface area contributed by atoms with Gasteiger partial charge < -0.3 is 15.4 Å². The Balaban J connectivity index is 1.51. The first kappa shape index (κ1) is 12.7. The van der Waals surface area contributed by atoms with Crippen molar-refractivity contribution in [3.8, 4) is 0 Å². The maximum absolute atomic E-state index is 5.81. The largest absolute Gasteiger partial charge is 0.378 e. The van der Waals surface area contributed by atoms with Gasteiger partial charge in [0.05, 0.1) is 6.10 Å². The number of nitrogens with one attached hydrogen (secondary N) is 2. The van der Waals surface area contributed by atoms with E-state index < -0.39 is 0 Å². The number of rotatable bonds is 6. The Morgan fingerprint density at radius 2 is 2.24 bits per heavy atom. The smallest absolute Gasteiger partial charge is 0.205 e. The zero-order chi connectivity index (χ0) is 11.9. The molecule has 1 saturated heterocycles. The van der Waals surface area contributed by atoms with Crippen LogP contribution in [-0.2, 0) is 4.74 Å². The second-order valence-corrected chi connectivity index (χ2v) is 5.41. The molecule has 0 radical (unpaired) electrons. The fourth-order valence-electron chi connectivity index (χ4n) is 1.85. The average Bonchev–Trinajstić information content (AvgIpc) is 2.76. The van der Waals surface area contributed by atoms with Crippen molar-refractivity contribution in [2.75, 3.05) is 31.6 Å². The quantitative estimate of drug-likeness (QED) is 0.754. The zero-order valence-corrected chi connectivity index (χ0v) is 11.1. The van der Waals surface area contributed by atoms with Gasteiger partial charge >= 0.3 is 0 Å². The Kier molecular flexibility index (Phi) is 5.15. The first-order chi connectivity index (χ1) is 8.34. The predicted molar refractivity (Wildman–Crippen MR) is 69.6 cm³/mol. The van der Waals surface area contributed by atoms with Gasteiger partial charge in [0.1, 0.15) is 5.01 Å². The number of hydrogen-bond acceptors (Lipinski definition) is 6. The topological polar surface area (TPSA) is 59.1 Å². The molecule has 0 unspecified atom stereocenters. The van der Waals surface area contributed by atoms with E-state index in [0.29, 0.717) is 6.10 Å². The van der Waals surface area contributed by atoms with E-state index >= 15 is 0 Å². The third kappa shape index (κ3) is 4.57. The molecular weight excluding hydrogens is 236 g/mol. The van der Waals surface area contributed by atoms with Crippen LogP contribution in [0.25, 0.3) is 0 Å². The molecule has 5 nitrogen and oxygen atoms in total. The minimum atomic E-state index is 0.458. The molecule has 0 aliphatic carbocycles. The van der Waals surface area contributed by atoms with Gasteiger partial charge in [-0.25, -0.2) is 0 Å². The predicted octanol–water partition coefficient (Wildman–Crippen LogP) is 1.42. The van der Waals surface area contributed by atoms with Gasteiger partial charge in [-0.3, -0.25) is 0 Å². The fraction of sp³-hybridized carbons (Fsp3) is 0.818. The van der Waals surface area contributed by atoms with Crippen molar-refractivity contribution in [2.24, 2.45) is 0 Å². The van der Waals surface area contributed by atoms with Crippen LogP contribution >= 0.6 is 11.3 Å². The average molecular weight is 256 g/mol. The van der Waals surface area contributed by atoms with Crippen LogP contribution in [0.2, 0.25) is 0 Å². The van der Waals surface area contributed by atoms with E-state index in [1.54, 1.807) is 11.3 Å². The molecule has 1 aliphatic heterocycles. The van der Waals surface area contributed by atoms with Gasteiger partial charge in [0.15, 0.2) is 0 Å². The molecule has 0 aromatic carbocycles. The molecule has 0 atom stereocenters. The van der Waals surface area contributed by atoms with Crippen LogP contribution in [0.3, 0.4) is 0 Å². The Morgan fingerprint density at radius 3 is 2.94 bits per heavy atom. The van der Waals surface area contributed by atoms with Crippen LogP contribution in [0.5, 0.6) is 0 Å². The lowest BCUT2D eigenvalue weighted by Gasteiger charge is -2.22. The van der Waals surface area contributed by atoms with E-state index in [2.05, 4.69) is 20.8 Å². The summed E-state index contributed by atoms with van der Waals surface area (Å²) < 4.78 is 5.81. The number of anilines is 1. The zero-order valence-electron chi connectivity index (χ0n) is 10.2. The highest BCUT2D eigenvalue weighted by atomic mass is 32.1. The maximum Gasteiger partial charge on any atom is 0.205 e. The molecule has 1 aromatic rings. The molecule has 0 spiro atoms. The summed E-state index contributed by atoms with van der Waals surface area (Å²) in [5.41, 5.74) is 0. The molecule has 1 aromatic heterocycles. The Hall–Kier alpha value is -0.720. The molecular formula is C11H20N4OS. The summed E-state index contributed by atoms with van der Waals surface area (Å²) in [5, 5.41) is 16.5. The van der Waals surface area contributed by atoms with Crippen molar-refractivity contribution in [1.82, 2.24) is 15.5 Å². The lowest BCUT2D eigenvalue weighted by Crippen LogP contribution is -2.32. The summed E-state index contributed by atoms with van der Waals surface area (Å²) in [5.74, 6) is 0. The molecule has 2 rings (SSSR count). The molecule has 2 heterocycles. The summed E-state index contributed by atoms with van der Waals surface area (Å²) in [7, 11) is 0. The molecule has 0 saturated carbocycles. The first-order valence-corrected chi connectivity index (χ1v) is 7.02. The van der Waals surface area contributed by atoms with Gasteiger partial charge in [-0.15, -0.1) is 10.2 Å². The van der Waals surface area contributed by atoms with Gasteiger partial charge in [-0.1, -0.05) is 11.3 Å². The SMILES string of the molecule is Cc1nnc(NCCCOC2CCNCC2)s1. The van der Waals surface area contributed by atoms with Crippen molar-refractivity contribution < 1.29 is 4.74 Å². The normalized spacial score (nSPS) is 17.2. The monoisotopic (exact) mass is 256 g/mol. The van der Waals surface area contributed by atoms with E-state index in [-0.39, 0.29) is 0 Å². The number of hydrogen-bond donors (Lipinski definition) is 2. The maximum atomic E-state index is 5.81. The minimum Gasteiger partial charge on any atom is -0.378 e. The van der Waals surface area contributed by atoms with Crippen molar-refractivity contribution >= 4 is 16.5 Å². The van der Waals surface area contributed by atoms with Gasteiger partial charge in [0.2, 0.25) is 5.13 Å². The Morgan fingerprint density at radius 1 is 1.41 bits per heavy atom. The molecule has 6 heteroatoms. The molecule has 1 aliphatic rings. The van der Waals surface area contributed by atoms with Crippen LogP contribution in [-0.4, -0.2) is 42.5 Å². The van der Waals surface area contributed by atoms with Gasteiger partial charge in [0.25, 0.3) is 0 Å². The number of ether oxygens (including phenoxy) is 1. The van der Waals surface area contributed by atoms with Crippen LogP contribution in [0, 0.1) is 6.92 Å². The van der Waals surface area contributed by atoms with Crippen molar-refractivity contribution in [1.29, 1.82) is 0 Å². The highest BCUT2D eigenvalue weighted by molar-refractivity contribution is 7.15. The lowest BCUT2D eigenvalue weighted by atomic mass is 10.1. The van der Waals surface area contributed by atoms with Crippen molar-refractivity contribution in [2.45, 2.75) is 32.3 Å². The summed E-state index contributed by atoms with van der Waals surface area (Å²) in [6, 6.07) is 0. The first-order valence-electron chi connectivity index (χ1n) is 6.21.